The lowest BCUT2D eigenvalue weighted by Gasteiger charge is -2.06. The minimum atomic E-state index is -0.401. The Bertz CT molecular complexity index is 568. The maximum Gasteiger partial charge on any atom is 0.324 e. The van der Waals surface area contributed by atoms with E-state index in [1.807, 2.05) is 0 Å². The van der Waals surface area contributed by atoms with E-state index in [-0.39, 0.29) is 5.78 Å². The summed E-state index contributed by atoms with van der Waals surface area (Å²) in [5.41, 5.74) is 1.10. The van der Waals surface area contributed by atoms with Crippen molar-refractivity contribution in [3.05, 3.63) is 36.0 Å². The third-order valence-electron chi connectivity index (χ3n) is 2.12. The molecule has 2 aromatic rings. The molecule has 0 saturated carbocycles. The fourth-order valence-electron chi connectivity index (χ4n) is 1.31. The van der Waals surface area contributed by atoms with E-state index < -0.39 is 6.03 Å². The van der Waals surface area contributed by atoms with Gasteiger partial charge in [-0.25, -0.2) is 4.79 Å². The van der Waals surface area contributed by atoms with Crippen molar-refractivity contribution in [1.82, 2.24) is 9.59 Å². The van der Waals surface area contributed by atoms with Crippen LogP contribution < -0.4 is 10.6 Å². The highest BCUT2D eigenvalue weighted by Gasteiger charge is 2.05. The van der Waals surface area contributed by atoms with E-state index in [9.17, 15) is 9.59 Å². The predicted molar refractivity (Wildman–Crippen MR) is 69.0 cm³/mol. The molecule has 0 bridgehead atoms. The summed E-state index contributed by atoms with van der Waals surface area (Å²) >= 11 is 1.08. The number of nitrogens with one attached hydrogen (secondary N) is 2. The quantitative estimate of drug-likeness (QED) is 0.832. The summed E-state index contributed by atoms with van der Waals surface area (Å²) in [4.78, 5) is 22.8. The van der Waals surface area contributed by atoms with Gasteiger partial charge in [-0.05, 0) is 19.1 Å². The Morgan fingerprint density at radius 1 is 1.28 bits per heavy atom. The van der Waals surface area contributed by atoms with Gasteiger partial charge in [0.2, 0.25) is 0 Å². The second-order valence-electron chi connectivity index (χ2n) is 3.50. The van der Waals surface area contributed by atoms with E-state index >= 15 is 0 Å². The lowest BCUT2D eigenvalue weighted by atomic mass is 10.1. The van der Waals surface area contributed by atoms with Crippen molar-refractivity contribution in [1.29, 1.82) is 0 Å². The number of nitrogens with zero attached hydrogens (tertiary/aromatic N) is 2. The molecule has 6 nitrogen and oxygen atoms in total. The number of hydrogen-bond donors (Lipinski definition) is 2. The van der Waals surface area contributed by atoms with Crippen LogP contribution in [0.3, 0.4) is 0 Å². The third kappa shape index (κ3) is 3.11. The SMILES string of the molecule is CC(=O)c1cccc(NC(=O)Nc2cnns2)c1. The summed E-state index contributed by atoms with van der Waals surface area (Å²) in [7, 11) is 0. The Kier molecular flexibility index (Phi) is 3.63. The first kappa shape index (κ1) is 12.2. The van der Waals surface area contributed by atoms with E-state index in [1.54, 1.807) is 24.3 Å². The van der Waals surface area contributed by atoms with Gasteiger partial charge in [0.05, 0.1) is 6.20 Å². The smallest absolute Gasteiger partial charge is 0.308 e. The van der Waals surface area contributed by atoms with Crippen LogP contribution in [0.5, 0.6) is 0 Å². The largest absolute Gasteiger partial charge is 0.324 e. The molecule has 2 N–H and O–H groups in total. The molecule has 0 spiro atoms. The molecule has 2 rings (SSSR count). The Balaban J connectivity index is 2.03. The number of carbonyl (C=O) groups is 2. The van der Waals surface area contributed by atoms with Crippen LogP contribution in [0.15, 0.2) is 30.5 Å². The molecule has 1 aromatic heterocycles. The summed E-state index contributed by atoms with van der Waals surface area (Å²) in [5.74, 6) is -0.0503. The highest BCUT2D eigenvalue weighted by Crippen LogP contribution is 2.13. The maximum absolute atomic E-state index is 11.6. The summed E-state index contributed by atoms with van der Waals surface area (Å²) in [5, 5.41) is 9.35. The van der Waals surface area contributed by atoms with E-state index in [0.29, 0.717) is 16.3 Å². The first-order chi connectivity index (χ1) is 8.65. The van der Waals surface area contributed by atoms with Gasteiger partial charge in [-0.15, -0.1) is 5.10 Å². The molecule has 1 heterocycles. The van der Waals surface area contributed by atoms with Crippen LogP contribution >= 0.6 is 11.5 Å². The Morgan fingerprint density at radius 3 is 2.78 bits per heavy atom. The minimum absolute atomic E-state index is 0.0503. The van der Waals surface area contributed by atoms with Crippen molar-refractivity contribution in [2.75, 3.05) is 10.6 Å². The molecular weight excluding hydrogens is 252 g/mol. The molecule has 18 heavy (non-hydrogen) atoms. The predicted octanol–water partition coefficient (Wildman–Crippen LogP) is 2.38. The molecule has 0 saturated heterocycles. The Labute approximate surface area is 107 Å². The van der Waals surface area contributed by atoms with E-state index in [2.05, 4.69) is 20.2 Å². The van der Waals surface area contributed by atoms with Gasteiger partial charge in [0.25, 0.3) is 0 Å². The molecule has 1 aromatic carbocycles. The van der Waals surface area contributed by atoms with Gasteiger partial charge in [0.15, 0.2) is 5.78 Å². The van der Waals surface area contributed by atoms with Crippen LogP contribution in [-0.4, -0.2) is 21.4 Å². The number of hydrogen-bond acceptors (Lipinski definition) is 5. The van der Waals surface area contributed by atoms with Gasteiger partial charge in [0, 0.05) is 22.8 Å². The second-order valence-corrected chi connectivity index (χ2v) is 4.28. The molecule has 7 heteroatoms. The number of benzene rings is 1. The number of aromatic nitrogens is 2. The number of anilines is 2. The number of rotatable bonds is 3. The number of Topliss-reactive ketones (excluding diaryl/α,β-unsaturated/α-hetero) is 1. The van der Waals surface area contributed by atoms with E-state index in [4.69, 9.17) is 0 Å². The number of carbonyl (C=O) groups excluding carboxylic acids is 2. The average molecular weight is 262 g/mol. The summed E-state index contributed by atoms with van der Waals surface area (Å²) in [6.45, 7) is 1.47. The van der Waals surface area contributed by atoms with Crippen LogP contribution in [0.2, 0.25) is 0 Å². The standard InChI is InChI=1S/C11H10N4O2S/c1-7(16)8-3-2-4-9(5-8)13-11(17)14-10-6-12-15-18-10/h2-6H,1H3,(H2,13,14,17). The van der Waals surface area contributed by atoms with E-state index in [1.165, 1.54) is 13.1 Å². The average Bonchev–Trinajstić information content (AvgIpc) is 2.82. The van der Waals surface area contributed by atoms with Gasteiger partial charge in [-0.1, -0.05) is 16.6 Å². The monoisotopic (exact) mass is 262 g/mol. The molecule has 0 aliphatic rings. The van der Waals surface area contributed by atoms with E-state index in [0.717, 1.165) is 11.5 Å². The highest BCUT2D eigenvalue weighted by atomic mass is 32.1. The fourth-order valence-corrected chi connectivity index (χ4v) is 1.73. The van der Waals surface area contributed by atoms with Crippen molar-refractivity contribution in [3.8, 4) is 0 Å². The van der Waals surface area contributed by atoms with Crippen molar-refractivity contribution >= 4 is 34.0 Å². The van der Waals surface area contributed by atoms with Crippen LogP contribution in [-0.2, 0) is 0 Å². The zero-order chi connectivity index (χ0) is 13.0. The van der Waals surface area contributed by atoms with Crippen molar-refractivity contribution < 1.29 is 9.59 Å². The third-order valence-corrected chi connectivity index (χ3v) is 2.71. The van der Waals surface area contributed by atoms with Crippen LogP contribution in [0, 0.1) is 0 Å². The van der Waals surface area contributed by atoms with Crippen LogP contribution in [0.4, 0.5) is 15.5 Å². The molecule has 0 atom stereocenters. The molecule has 92 valence electrons. The highest BCUT2D eigenvalue weighted by molar-refractivity contribution is 7.10. The molecule has 0 fully saturated rings. The Hall–Kier alpha value is -2.28. The summed E-state index contributed by atoms with van der Waals surface area (Å²) in [6, 6.07) is 6.32. The normalized spacial score (nSPS) is 9.83. The number of amides is 2. The van der Waals surface area contributed by atoms with Gasteiger partial charge in [0.1, 0.15) is 5.00 Å². The van der Waals surface area contributed by atoms with Crippen molar-refractivity contribution in [3.63, 3.8) is 0 Å². The number of urea groups is 1. The molecule has 0 radical (unpaired) electrons. The Morgan fingerprint density at radius 2 is 2.11 bits per heavy atom. The maximum atomic E-state index is 11.6. The topological polar surface area (TPSA) is 84.0 Å². The molecule has 2 amide bonds. The fraction of sp³-hybridized carbons (Fsp3) is 0.0909. The first-order valence-corrected chi connectivity index (χ1v) is 5.89. The molecule has 0 aliphatic carbocycles. The zero-order valence-corrected chi connectivity index (χ0v) is 10.3. The first-order valence-electron chi connectivity index (χ1n) is 5.11. The van der Waals surface area contributed by atoms with Crippen LogP contribution in [0.25, 0.3) is 0 Å². The molecule has 0 unspecified atom stereocenters. The van der Waals surface area contributed by atoms with Crippen LogP contribution in [0.1, 0.15) is 17.3 Å². The summed E-state index contributed by atoms with van der Waals surface area (Å²) in [6.07, 6.45) is 1.45. The van der Waals surface area contributed by atoms with Gasteiger partial charge >= 0.3 is 6.03 Å². The van der Waals surface area contributed by atoms with Crippen molar-refractivity contribution in [2.24, 2.45) is 0 Å². The molecule has 0 aliphatic heterocycles. The number of ketones is 1. The van der Waals surface area contributed by atoms with Gasteiger partial charge in [-0.3, -0.25) is 10.1 Å². The second kappa shape index (κ2) is 5.37. The van der Waals surface area contributed by atoms with Gasteiger partial charge in [-0.2, -0.15) is 0 Å². The molecular formula is C11H10N4O2S. The minimum Gasteiger partial charge on any atom is -0.308 e. The van der Waals surface area contributed by atoms with Gasteiger partial charge < -0.3 is 5.32 Å². The lowest BCUT2D eigenvalue weighted by molar-refractivity contribution is 0.101. The van der Waals surface area contributed by atoms with Crippen molar-refractivity contribution in [2.45, 2.75) is 6.92 Å². The lowest BCUT2D eigenvalue weighted by Crippen LogP contribution is -2.18. The summed E-state index contributed by atoms with van der Waals surface area (Å²) < 4.78 is 3.62. The zero-order valence-electron chi connectivity index (χ0n) is 9.51.